The molecule has 0 heterocycles. The van der Waals surface area contributed by atoms with Gasteiger partial charge in [-0.05, 0) is 24.6 Å². The maximum Gasteiger partial charge on any atom is 0.305 e. The maximum absolute atomic E-state index is 12.2. The Balaban J connectivity index is 2.81. The molecule has 0 saturated carbocycles. The van der Waals surface area contributed by atoms with E-state index < -0.39 is 11.5 Å². The van der Waals surface area contributed by atoms with Gasteiger partial charge in [0.05, 0.1) is 31.1 Å². The quantitative estimate of drug-likeness (QED) is 0.790. The van der Waals surface area contributed by atoms with Crippen LogP contribution in [0.2, 0.25) is 0 Å². The summed E-state index contributed by atoms with van der Waals surface area (Å²) in [6, 6.07) is 8.64. The van der Waals surface area contributed by atoms with E-state index in [1.54, 1.807) is 31.2 Å². The fraction of sp³-hybridized carbons (Fsp3) is 0.400. The molecule has 0 radical (unpaired) electrons. The van der Waals surface area contributed by atoms with Crippen LogP contribution >= 0.6 is 0 Å². The number of methoxy groups -OCH3 is 1. The van der Waals surface area contributed by atoms with E-state index in [9.17, 15) is 9.59 Å². The number of amides is 1. The molecule has 0 aromatic heterocycles. The molecule has 21 heavy (non-hydrogen) atoms. The van der Waals surface area contributed by atoms with Gasteiger partial charge in [-0.3, -0.25) is 9.59 Å². The van der Waals surface area contributed by atoms with Crippen LogP contribution in [0.3, 0.4) is 0 Å². The van der Waals surface area contributed by atoms with Crippen molar-refractivity contribution in [2.24, 2.45) is 0 Å². The standard InChI is InChI=1S/C15H18N2O4/c1-15(10-21-2,9-13(18)19)17-14(20)12-5-3-11(4-6-12)7-8-16/h3-6H,7,9-10H2,1-2H3,(H,17,20)(H,18,19). The fourth-order valence-corrected chi connectivity index (χ4v) is 2.00. The highest BCUT2D eigenvalue weighted by molar-refractivity contribution is 5.95. The van der Waals surface area contributed by atoms with Crippen molar-refractivity contribution >= 4 is 11.9 Å². The van der Waals surface area contributed by atoms with E-state index in [4.69, 9.17) is 15.1 Å². The molecule has 6 heteroatoms. The van der Waals surface area contributed by atoms with Gasteiger partial charge in [0.1, 0.15) is 0 Å². The third-order valence-corrected chi connectivity index (χ3v) is 2.92. The first-order valence-electron chi connectivity index (χ1n) is 6.39. The lowest BCUT2D eigenvalue weighted by atomic mass is 9.98. The van der Waals surface area contributed by atoms with Gasteiger partial charge in [0.2, 0.25) is 0 Å². The lowest BCUT2D eigenvalue weighted by molar-refractivity contribution is -0.139. The van der Waals surface area contributed by atoms with Crippen molar-refractivity contribution in [1.82, 2.24) is 5.32 Å². The molecular weight excluding hydrogens is 272 g/mol. The first-order chi connectivity index (χ1) is 9.90. The molecule has 0 fully saturated rings. The number of benzene rings is 1. The molecule has 0 bridgehead atoms. The van der Waals surface area contributed by atoms with Gasteiger partial charge in [-0.25, -0.2) is 0 Å². The lowest BCUT2D eigenvalue weighted by Crippen LogP contribution is -2.50. The fourth-order valence-electron chi connectivity index (χ4n) is 2.00. The Morgan fingerprint density at radius 3 is 2.48 bits per heavy atom. The zero-order valence-electron chi connectivity index (χ0n) is 12.0. The number of rotatable bonds is 7. The first-order valence-corrected chi connectivity index (χ1v) is 6.39. The number of hydrogen-bond acceptors (Lipinski definition) is 4. The zero-order chi connectivity index (χ0) is 15.9. The molecule has 1 aromatic rings. The number of nitrogens with one attached hydrogen (secondary N) is 1. The largest absolute Gasteiger partial charge is 0.481 e. The minimum absolute atomic E-state index is 0.0948. The number of carbonyl (C=O) groups excluding carboxylic acids is 1. The Morgan fingerprint density at radius 1 is 1.38 bits per heavy atom. The van der Waals surface area contributed by atoms with Gasteiger partial charge < -0.3 is 15.2 Å². The van der Waals surface area contributed by atoms with E-state index in [-0.39, 0.29) is 25.4 Å². The number of carbonyl (C=O) groups is 2. The molecule has 1 atom stereocenters. The van der Waals surface area contributed by atoms with Gasteiger partial charge in [0, 0.05) is 12.7 Å². The molecule has 2 N–H and O–H groups in total. The normalized spacial score (nSPS) is 13.0. The maximum atomic E-state index is 12.2. The number of hydrogen-bond donors (Lipinski definition) is 2. The molecule has 1 aromatic carbocycles. The predicted octanol–water partition coefficient (Wildman–Crippen LogP) is 1.36. The van der Waals surface area contributed by atoms with Gasteiger partial charge >= 0.3 is 5.97 Å². The van der Waals surface area contributed by atoms with Crippen molar-refractivity contribution < 1.29 is 19.4 Å². The van der Waals surface area contributed by atoms with E-state index in [1.165, 1.54) is 7.11 Å². The molecule has 0 saturated heterocycles. The van der Waals surface area contributed by atoms with Gasteiger partial charge in [0.25, 0.3) is 5.91 Å². The molecular formula is C15H18N2O4. The molecule has 0 aliphatic heterocycles. The van der Waals surface area contributed by atoms with Crippen LogP contribution in [0.15, 0.2) is 24.3 Å². The van der Waals surface area contributed by atoms with Gasteiger partial charge in [-0.15, -0.1) is 0 Å². The summed E-state index contributed by atoms with van der Waals surface area (Å²) in [6.07, 6.45) is 0.0431. The summed E-state index contributed by atoms with van der Waals surface area (Å²) in [4.78, 5) is 23.0. The third kappa shape index (κ3) is 5.24. The summed E-state index contributed by atoms with van der Waals surface area (Å²) < 4.78 is 4.98. The molecule has 6 nitrogen and oxygen atoms in total. The number of nitriles is 1. The average molecular weight is 290 g/mol. The Morgan fingerprint density at radius 2 is 2.00 bits per heavy atom. The summed E-state index contributed by atoms with van der Waals surface area (Å²) in [6.45, 7) is 1.71. The van der Waals surface area contributed by atoms with Crippen molar-refractivity contribution in [1.29, 1.82) is 5.26 Å². The summed E-state index contributed by atoms with van der Waals surface area (Å²) in [5.74, 6) is -1.39. The second-order valence-electron chi connectivity index (χ2n) is 5.05. The van der Waals surface area contributed by atoms with Crippen LogP contribution in [-0.2, 0) is 16.0 Å². The number of carboxylic acid groups (broad SMARTS) is 1. The number of carboxylic acids is 1. The minimum atomic E-state index is -1.01. The first kappa shape index (κ1) is 16.7. The second-order valence-corrected chi connectivity index (χ2v) is 5.05. The van der Waals surface area contributed by atoms with Gasteiger partial charge in [-0.2, -0.15) is 5.26 Å². The van der Waals surface area contributed by atoms with E-state index >= 15 is 0 Å². The number of aliphatic carboxylic acids is 1. The predicted molar refractivity (Wildman–Crippen MR) is 75.8 cm³/mol. The minimum Gasteiger partial charge on any atom is -0.481 e. The van der Waals surface area contributed by atoms with Crippen LogP contribution in [0.4, 0.5) is 0 Å². The van der Waals surface area contributed by atoms with Crippen molar-refractivity contribution in [2.45, 2.75) is 25.3 Å². The van der Waals surface area contributed by atoms with E-state index in [1.807, 2.05) is 6.07 Å². The van der Waals surface area contributed by atoms with Crippen molar-refractivity contribution in [2.75, 3.05) is 13.7 Å². The van der Waals surface area contributed by atoms with Crippen LogP contribution in [0.1, 0.15) is 29.3 Å². The number of ether oxygens (including phenoxy) is 1. The summed E-state index contributed by atoms with van der Waals surface area (Å²) >= 11 is 0. The Kier molecular flexibility index (Phi) is 5.88. The molecule has 1 amide bonds. The van der Waals surface area contributed by atoms with Gasteiger partial charge in [-0.1, -0.05) is 12.1 Å². The van der Waals surface area contributed by atoms with Crippen molar-refractivity contribution in [3.63, 3.8) is 0 Å². The second kappa shape index (κ2) is 7.41. The highest BCUT2D eigenvalue weighted by atomic mass is 16.5. The van der Waals surface area contributed by atoms with Crippen LogP contribution in [0.25, 0.3) is 0 Å². The summed E-state index contributed by atoms with van der Waals surface area (Å²) in [5.41, 5.74) is 0.242. The zero-order valence-corrected chi connectivity index (χ0v) is 12.0. The topological polar surface area (TPSA) is 99.4 Å². The Labute approximate surface area is 123 Å². The van der Waals surface area contributed by atoms with E-state index in [2.05, 4.69) is 5.32 Å². The molecule has 0 aliphatic rings. The lowest BCUT2D eigenvalue weighted by Gasteiger charge is -2.28. The smallest absolute Gasteiger partial charge is 0.305 e. The summed E-state index contributed by atoms with van der Waals surface area (Å²) in [5, 5.41) is 20.2. The molecule has 1 unspecified atom stereocenters. The van der Waals surface area contributed by atoms with E-state index in [0.29, 0.717) is 5.56 Å². The van der Waals surface area contributed by atoms with Crippen LogP contribution in [0, 0.1) is 11.3 Å². The number of nitrogens with zero attached hydrogens (tertiary/aromatic N) is 1. The van der Waals surface area contributed by atoms with Gasteiger partial charge in [0.15, 0.2) is 0 Å². The average Bonchev–Trinajstić information content (AvgIpc) is 2.38. The summed E-state index contributed by atoms with van der Waals surface area (Å²) in [7, 11) is 1.45. The molecule has 112 valence electrons. The monoisotopic (exact) mass is 290 g/mol. The van der Waals surface area contributed by atoms with Crippen molar-refractivity contribution in [3.05, 3.63) is 35.4 Å². The molecule has 0 spiro atoms. The van der Waals surface area contributed by atoms with Crippen molar-refractivity contribution in [3.8, 4) is 6.07 Å². The highest BCUT2D eigenvalue weighted by Crippen LogP contribution is 2.13. The SMILES string of the molecule is COCC(C)(CC(=O)O)NC(=O)c1ccc(CC#N)cc1. The Hall–Kier alpha value is -2.39. The Bertz CT molecular complexity index is 548. The van der Waals surface area contributed by atoms with Crippen LogP contribution in [-0.4, -0.2) is 36.2 Å². The highest BCUT2D eigenvalue weighted by Gasteiger charge is 2.29. The third-order valence-electron chi connectivity index (χ3n) is 2.92. The van der Waals surface area contributed by atoms with E-state index in [0.717, 1.165) is 5.56 Å². The van der Waals surface area contributed by atoms with Crippen LogP contribution in [0.5, 0.6) is 0 Å². The molecule has 0 aliphatic carbocycles. The molecule has 1 rings (SSSR count). The van der Waals surface area contributed by atoms with Crippen LogP contribution < -0.4 is 5.32 Å².